The quantitative estimate of drug-likeness (QED) is 0.848. The van der Waals surface area contributed by atoms with Gasteiger partial charge in [0.15, 0.2) is 0 Å². The molecule has 1 unspecified atom stereocenters. The van der Waals surface area contributed by atoms with Crippen LogP contribution in [0, 0.1) is 5.92 Å². The maximum atomic E-state index is 4.71. The average Bonchev–Trinajstić information content (AvgIpc) is 2.75. The first-order valence-electron chi connectivity index (χ1n) is 6.91. The maximum Gasteiger partial charge on any atom is 0.109 e. The Hall–Kier alpha value is -1.35. The standard InChI is InChI=1S/C15H23N3/c1-4-15-17-13-8-6-7-9-14(13)18(15)11-12(3)10-16-5-2/h6-9,12,16H,4-5,10-11H2,1-3H3. The van der Waals surface area contributed by atoms with E-state index in [0.717, 1.165) is 31.6 Å². The highest BCUT2D eigenvalue weighted by atomic mass is 15.1. The van der Waals surface area contributed by atoms with Gasteiger partial charge >= 0.3 is 0 Å². The number of aryl methyl sites for hydroxylation is 1. The van der Waals surface area contributed by atoms with Crippen LogP contribution in [0.25, 0.3) is 11.0 Å². The number of fused-ring (bicyclic) bond motifs is 1. The van der Waals surface area contributed by atoms with Crippen molar-refractivity contribution in [2.24, 2.45) is 5.92 Å². The molecule has 2 rings (SSSR count). The van der Waals surface area contributed by atoms with E-state index in [4.69, 9.17) is 4.98 Å². The van der Waals surface area contributed by atoms with Gasteiger partial charge in [-0.25, -0.2) is 4.98 Å². The van der Waals surface area contributed by atoms with Gasteiger partial charge in [0.2, 0.25) is 0 Å². The van der Waals surface area contributed by atoms with E-state index >= 15 is 0 Å². The smallest absolute Gasteiger partial charge is 0.109 e. The summed E-state index contributed by atoms with van der Waals surface area (Å²) >= 11 is 0. The molecule has 0 spiro atoms. The molecule has 3 heteroatoms. The van der Waals surface area contributed by atoms with Crippen molar-refractivity contribution in [2.45, 2.75) is 33.7 Å². The highest BCUT2D eigenvalue weighted by Crippen LogP contribution is 2.18. The first-order chi connectivity index (χ1) is 8.76. The predicted molar refractivity (Wildman–Crippen MR) is 76.8 cm³/mol. The van der Waals surface area contributed by atoms with Crippen molar-refractivity contribution in [2.75, 3.05) is 13.1 Å². The third-order valence-electron chi connectivity index (χ3n) is 3.29. The van der Waals surface area contributed by atoms with E-state index in [1.165, 1.54) is 11.3 Å². The molecule has 0 fully saturated rings. The lowest BCUT2D eigenvalue weighted by Crippen LogP contribution is -2.24. The summed E-state index contributed by atoms with van der Waals surface area (Å²) in [4.78, 5) is 4.71. The Morgan fingerprint density at radius 3 is 2.78 bits per heavy atom. The van der Waals surface area contributed by atoms with Crippen molar-refractivity contribution >= 4 is 11.0 Å². The molecule has 0 radical (unpaired) electrons. The van der Waals surface area contributed by atoms with Crippen LogP contribution in [0.3, 0.4) is 0 Å². The average molecular weight is 245 g/mol. The number of benzene rings is 1. The summed E-state index contributed by atoms with van der Waals surface area (Å²) in [5.41, 5.74) is 2.38. The van der Waals surface area contributed by atoms with E-state index in [1.807, 2.05) is 0 Å². The Morgan fingerprint density at radius 1 is 1.28 bits per heavy atom. The van der Waals surface area contributed by atoms with Crippen LogP contribution in [0.15, 0.2) is 24.3 Å². The lowest BCUT2D eigenvalue weighted by Gasteiger charge is -2.15. The van der Waals surface area contributed by atoms with E-state index in [0.29, 0.717) is 5.92 Å². The zero-order valence-corrected chi connectivity index (χ0v) is 11.6. The first kappa shape index (κ1) is 13.1. The lowest BCUT2D eigenvalue weighted by atomic mass is 10.1. The largest absolute Gasteiger partial charge is 0.328 e. The highest BCUT2D eigenvalue weighted by Gasteiger charge is 2.11. The van der Waals surface area contributed by atoms with Gasteiger partial charge in [-0.15, -0.1) is 0 Å². The fourth-order valence-electron chi connectivity index (χ4n) is 2.37. The van der Waals surface area contributed by atoms with Crippen LogP contribution in [0.4, 0.5) is 0 Å². The van der Waals surface area contributed by atoms with Crippen molar-refractivity contribution in [1.82, 2.24) is 14.9 Å². The minimum atomic E-state index is 0.618. The second-order valence-electron chi connectivity index (χ2n) is 4.89. The molecule has 18 heavy (non-hydrogen) atoms. The number of hydrogen-bond acceptors (Lipinski definition) is 2. The molecule has 0 bridgehead atoms. The summed E-state index contributed by atoms with van der Waals surface area (Å²) in [6, 6.07) is 8.41. The second kappa shape index (κ2) is 6.01. The fourth-order valence-corrected chi connectivity index (χ4v) is 2.37. The van der Waals surface area contributed by atoms with Gasteiger partial charge in [-0.1, -0.05) is 32.9 Å². The Bertz CT molecular complexity index is 501. The highest BCUT2D eigenvalue weighted by molar-refractivity contribution is 5.75. The normalized spacial score (nSPS) is 13.1. The summed E-state index contributed by atoms with van der Waals surface area (Å²) in [5, 5.41) is 3.41. The molecule has 0 amide bonds. The van der Waals surface area contributed by atoms with Crippen molar-refractivity contribution < 1.29 is 0 Å². The molecular weight excluding hydrogens is 222 g/mol. The van der Waals surface area contributed by atoms with Crippen molar-refractivity contribution in [3.8, 4) is 0 Å². The molecule has 0 aliphatic heterocycles. The first-order valence-corrected chi connectivity index (χ1v) is 6.91. The van der Waals surface area contributed by atoms with Crippen molar-refractivity contribution in [3.05, 3.63) is 30.1 Å². The molecule has 0 saturated heterocycles. The minimum absolute atomic E-state index is 0.618. The third-order valence-corrected chi connectivity index (χ3v) is 3.29. The Labute approximate surface area is 109 Å². The second-order valence-corrected chi connectivity index (χ2v) is 4.89. The van der Waals surface area contributed by atoms with Gasteiger partial charge in [0, 0.05) is 13.0 Å². The number of aromatic nitrogens is 2. The molecule has 1 atom stereocenters. The van der Waals surface area contributed by atoms with Crippen LogP contribution in [0.5, 0.6) is 0 Å². The molecular formula is C15H23N3. The number of para-hydroxylation sites is 2. The zero-order chi connectivity index (χ0) is 13.0. The van der Waals surface area contributed by atoms with Crippen LogP contribution >= 0.6 is 0 Å². The van der Waals surface area contributed by atoms with Crippen LogP contribution in [-0.4, -0.2) is 22.6 Å². The lowest BCUT2D eigenvalue weighted by molar-refractivity contribution is 0.450. The fraction of sp³-hybridized carbons (Fsp3) is 0.533. The van der Waals surface area contributed by atoms with Gasteiger partial charge in [-0.3, -0.25) is 0 Å². The van der Waals surface area contributed by atoms with Gasteiger partial charge in [0.05, 0.1) is 11.0 Å². The van der Waals surface area contributed by atoms with Gasteiger partial charge in [0.1, 0.15) is 5.82 Å². The Balaban J connectivity index is 2.25. The van der Waals surface area contributed by atoms with E-state index in [2.05, 4.69) is 54.9 Å². The summed E-state index contributed by atoms with van der Waals surface area (Å²) in [5.74, 6) is 1.81. The molecule has 0 aliphatic rings. The van der Waals surface area contributed by atoms with Crippen molar-refractivity contribution in [3.63, 3.8) is 0 Å². The summed E-state index contributed by atoms with van der Waals surface area (Å²) in [6.07, 6.45) is 0.989. The molecule has 98 valence electrons. The van der Waals surface area contributed by atoms with Crippen LogP contribution in [0.2, 0.25) is 0 Å². The van der Waals surface area contributed by atoms with Crippen LogP contribution < -0.4 is 5.32 Å². The van der Waals surface area contributed by atoms with Crippen molar-refractivity contribution in [1.29, 1.82) is 0 Å². The topological polar surface area (TPSA) is 29.9 Å². The molecule has 3 nitrogen and oxygen atoms in total. The summed E-state index contributed by atoms with van der Waals surface area (Å²) < 4.78 is 2.37. The Kier molecular flexibility index (Phi) is 4.37. The van der Waals surface area contributed by atoms with E-state index in [1.54, 1.807) is 0 Å². The minimum Gasteiger partial charge on any atom is -0.328 e. The van der Waals surface area contributed by atoms with Gasteiger partial charge < -0.3 is 9.88 Å². The summed E-state index contributed by atoms with van der Waals surface area (Å²) in [6.45, 7) is 9.75. The number of imidazole rings is 1. The number of nitrogens with zero attached hydrogens (tertiary/aromatic N) is 2. The predicted octanol–water partition coefficient (Wildman–Crippen LogP) is 2.84. The number of nitrogens with one attached hydrogen (secondary N) is 1. The molecule has 1 N–H and O–H groups in total. The van der Waals surface area contributed by atoms with E-state index in [9.17, 15) is 0 Å². The van der Waals surface area contributed by atoms with Crippen LogP contribution in [-0.2, 0) is 13.0 Å². The molecule has 1 aromatic carbocycles. The molecule has 1 heterocycles. The SMILES string of the molecule is CCNCC(C)Cn1c(CC)nc2ccccc21. The number of rotatable bonds is 6. The molecule has 0 aliphatic carbocycles. The molecule has 0 saturated carbocycles. The Morgan fingerprint density at radius 2 is 2.06 bits per heavy atom. The molecule has 2 aromatic rings. The van der Waals surface area contributed by atoms with E-state index in [-0.39, 0.29) is 0 Å². The molecule has 1 aromatic heterocycles. The van der Waals surface area contributed by atoms with Gasteiger partial charge in [-0.2, -0.15) is 0 Å². The third kappa shape index (κ3) is 2.72. The zero-order valence-electron chi connectivity index (χ0n) is 11.6. The maximum absolute atomic E-state index is 4.71. The van der Waals surface area contributed by atoms with E-state index < -0.39 is 0 Å². The van der Waals surface area contributed by atoms with Gasteiger partial charge in [-0.05, 0) is 31.1 Å². The van der Waals surface area contributed by atoms with Crippen LogP contribution in [0.1, 0.15) is 26.6 Å². The summed E-state index contributed by atoms with van der Waals surface area (Å²) in [7, 11) is 0. The van der Waals surface area contributed by atoms with Gasteiger partial charge in [0.25, 0.3) is 0 Å². The number of hydrogen-bond donors (Lipinski definition) is 1. The monoisotopic (exact) mass is 245 g/mol.